The van der Waals surface area contributed by atoms with Gasteiger partial charge < -0.3 is 15.0 Å². The molecule has 0 aromatic heterocycles. The first kappa shape index (κ1) is 22.9. The van der Waals surface area contributed by atoms with Crippen molar-refractivity contribution in [1.82, 2.24) is 5.32 Å². The number of nitrogens with zero attached hydrogens (tertiary/aromatic N) is 2. The molecule has 3 rings (SSSR count). The van der Waals surface area contributed by atoms with Gasteiger partial charge in [0.1, 0.15) is 5.60 Å². The molecular formula is C19H24ClN3O5S2. The number of amides is 2. The van der Waals surface area contributed by atoms with Crippen molar-refractivity contribution >= 4 is 56.1 Å². The molecule has 1 N–H and O–H groups in total. The third-order valence-electron chi connectivity index (χ3n) is 4.38. The fourth-order valence-corrected chi connectivity index (χ4v) is 7.36. The Labute approximate surface area is 185 Å². The van der Waals surface area contributed by atoms with Crippen LogP contribution in [0.25, 0.3) is 0 Å². The number of benzene rings is 1. The Bertz CT molecular complexity index is 975. The second-order valence-electron chi connectivity index (χ2n) is 8.12. The average molecular weight is 474 g/mol. The molecule has 11 heteroatoms. The molecule has 2 saturated heterocycles. The van der Waals surface area contributed by atoms with E-state index in [1.165, 1.54) is 11.8 Å². The van der Waals surface area contributed by atoms with Crippen LogP contribution in [0.5, 0.6) is 0 Å². The maximum Gasteiger partial charge on any atom is 0.407 e. The van der Waals surface area contributed by atoms with Crippen LogP contribution in [-0.4, -0.2) is 60.5 Å². The number of aliphatic imine (C=N–C) groups is 1. The summed E-state index contributed by atoms with van der Waals surface area (Å²) in [4.78, 5) is 30.1. The Morgan fingerprint density at radius 2 is 2.07 bits per heavy atom. The van der Waals surface area contributed by atoms with Gasteiger partial charge in [-0.2, -0.15) is 4.99 Å². The van der Waals surface area contributed by atoms with Gasteiger partial charge in [-0.3, -0.25) is 4.79 Å². The number of thioether (sulfide) groups is 1. The van der Waals surface area contributed by atoms with Crippen LogP contribution in [0, 0.1) is 0 Å². The number of hydrogen-bond acceptors (Lipinski definition) is 6. The van der Waals surface area contributed by atoms with Crippen LogP contribution in [0.2, 0.25) is 5.02 Å². The lowest BCUT2D eigenvalue weighted by Crippen LogP contribution is -2.37. The molecule has 8 nitrogen and oxygen atoms in total. The van der Waals surface area contributed by atoms with Gasteiger partial charge in [0, 0.05) is 28.9 Å². The third-order valence-corrected chi connectivity index (χ3v) is 7.83. The highest BCUT2D eigenvalue weighted by atomic mass is 35.5. The third kappa shape index (κ3) is 5.89. The van der Waals surface area contributed by atoms with Gasteiger partial charge in [0.2, 0.25) is 5.91 Å². The second-order valence-corrected chi connectivity index (χ2v) is 11.9. The molecule has 0 bridgehead atoms. The van der Waals surface area contributed by atoms with Gasteiger partial charge in [0.15, 0.2) is 15.0 Å². The molecule has 2 atom stereocenters. The van der Waals surface area contributed by atoms with E-state index in [1.54, 1.807) is 43.9 Å². The van der Waals surface area contributed by atoms with Crippen LogP contribution in [0.15, 0.2) is 29.3 Å². The van der Waals surface area contributed by atoms with Gasteiger partial charge in [0.05, 0.1) is 17.5 Å². The number of alkyl carbamates (subject to hydrolysis) is 1. The zero-order valence-electron chi connectivity index (χ0n) is 16.9. The van der Waals surface area contributed by atoms with E-state index >= 15 is 0 Å². The first-order chi connectivity index (χ1) is 13.9. The number of halogens is 1. The predicted octanol–water partition coefficient (Wildman–Crippen LogP) is 2.86. The zero-order valence-corrected chi connectivity index (χ0v) is 19.3. The summed E-state index contributed by atoms with van der Waals surface area (Å²) in [5.74, 6) is -0.361. The number of amidine groups is 1. The summed E-state index contributed by atoms with van der Waals surface area (Å²) in [6.07, 6.45) is -0.598. The molecule has 0 saturated carbocycles. The molecule has 2 aliphatic rings. The van der Waals surface area contributed by atoms with Gasteiger partial charge in [-0.25, -0.2) is 13.2 Å². The fraction of sp³-hybridized carbons (Fsp3) is 0.526. The number of anilines is 1. The molecular weight excluding hydrogens is 450 g/mol. The minimum atomic E-state index is -3.14. The van der Waals surface area contributed by atoms with E-state index in [4.69, 9.17) is 16.3 Å². The van der Waals surface area contributed by atoms with E-state index in [0.29, 0.717) is 15.9 Å². The lowest BCUT2D eigenvalue weighted by molar-refractivity contribution is -0.117. The topological polar surface area (TPSA) is 105 Å². The van der Waals surface area contributed by atoms with Crippen molar-refractivity contribution in [1.29, 1.82) is 0 Å². The second kappa shape index (κ2) is 8.76. The normalized spacial score (nSPS) is 24.0. The molecule has 0 spiro atoms. The molecule has 2 aliphatic heterocycles. The molecule has 1 aromatic rings. The Morgan fingerprint density at radius 3 is 2.73 bits per heavy atom. The SMILES string of the molecule is CC(C)(C)OC(=O)NCCC(=O)N=C1S[C@@H]2CS(=O)(=O)C[C@H]2N1c1cccc(Cl)c1. The zero-order chi connectivity index (χ0) is 22.1. The monoisotopic (exact) mass is 473 g/mol. The summed E-state index contributed by atoms with van der Waals surface area (Å²) < 4.78 is 29.3. The number of carbonyl (C=O) groups is 2. The molecule has 30 heavy (non-hydrogen) atoms. The minimum absolute atomic E-state index is 0.000318. The fourth-order valence-electron chi connectivity index (χ4n) is 3.24. The Hall–Kier alpha value is -1.78. The highest BCUT2D eigenvalue weighted by Gasteiger charge is 2.49. The van der Waals surface area contributed by atoms with Crippen LogP contribution >= 0.6 is 23.4 Å². The maximum atomic E-state index is 12.4. The molecule has 0 unspecified atom stereocenters. The van der Waals surface area contributed by atoms with E-state index in [2.05, 4.69) is 10.3 Å². The van der Waals surface area contributed by atoms with E-state index in [0.717, 1.165) is 0 Å². The quantitative estimate of drug-likeness (QED) is 0.716. The number of carbonyl (C=O) groups excluding carboxylic acids is 2. The highest BCUT2D eigenvalue weighted by Crippen LogP contribution is 2.41. The number of fused-ring (bicyclic) bond motifs is 1. The number of sulfone groups is 1. The van der Waals surface area contributed by atoms with Crippen LogP contribution in [0.4, 0.5) is 10.5 Å². The molecule has 2 heterocycles. The first-order valence-electron chi connectivity index (χ1n) is 9.44. The number of ether oxygens (including phenoxy) is 1. The van der Waals surface area contributed by atoms with E-state index < -0.39 is 27.4 Å². The van der Waals surface area contributed by atoms with E-state index in [1.807, 2.05) is 6.07 Å². The Morgan fingerprint density at radius 1 is 1.33 bits per heavy atom. The summed E-state index contributed by atoms with van der Waals surface area (Å²) in [5, 5.41) is 3.29. The lowest BCUT2D eigenvalue weighted by atomic mass is 10.2. The van der Waals surface area contributed by atoms with Gasteiger partial charge in [-0.15, -0.1) is 0 Å². The Kier molecular flexibility index (Phi) is 6.69. The summed E-state index contributed by atoms with van der Waals surface area (Å²) in [5.41, 5.74) is 0.0720. The van der Waals surface area contributed by atoms with Crippen molar-refractivity contribution < 1.29 is 22.7 Å². The van der Waals surface area contributed by atoms with Crippen LogP contribution in [0.1, 0.15) is 27.2 Å². The van der Waals surface area contributed by atoms with E-state index in [9.17, 15) is 18.0 Å². The number of hydrogen-bond donors (Lipinski definition) is 1. The predicted molar refractivity (Wildman–Crippen MR) is 119 cm³/mol. The average Bonchev–Trinajstić information content (AvgIpc) is 3.03. The lowest BCUT2D eigenvalue weighted by Gasteiger charge is -2.24. The smallest absolute Gasteiger partial charge is 0.407 e. The molecule has 1 aromatic carbocycles. The van der Waals surface area contributed by atoms with Gasteiger partial charge in [-0.1, -0.05) is 29.4 Å². The van der Waals surface area contributed by atoms with Crippen LogP contribution in [-0.2, 0) is 19.4 Å². The summed E-state index contributed by atoms with van der Waals surface area (Å²) in [7, 11) is -3.14. The minimum Gasteiger partial charge on any atom is -0.444 e. The Balaban J connectivity index is 1.71. The highest BCUT2D eigenvalue weighted by molar-refractivity contribution is 8.16. The van der Waals surface area contributed by atoms with Crippen LogP contribution in [0.3, 0.4) is 0 Å². The van der Waals surface area contributed by atoms with Crippen molar-refractivity contribution in [3.05, 3.63) is 29.3 Å². The van der Waals surface area contributed by atoms with Crippen molar-refractivity contribution in [3.63, 3.8) is 0 Å². The van der Waals surface area contributed by atoms with Crippen LogP contribution < -0.4 is 10.2 Å². The van der Waals surface area contributed by atoms with Gasteiger partial charge in [0.25, 0.3) is 0 Å². The van der Waals surface area contributed by atoms with E-state index in [-0.39, 0.29) is 35.8 Å². The molecule has 164 valence electrons. The summed E-state index contributed by atoms with van der Waals surface area (Å²) >= 11 is 7.40. The van der Waals surface area contributed by atoms with Gasteiger partial charge >= 0.3 is 6.09 Å². The number of rotatable bonds is 4. The van der Waals surface area contributed by atoms with Crippen molar-refractivity contribution in [2.24, 2.45) is 4.99 Å². The molecule has 0 aliphatic carbocycles. The molecule has 0 radical (unpaired) electrons. The first-order valence-corrected chi connectivity index (χ1v) is 12.5. The summed E-state index contributed by atoms with van der Waals surface area (Å²) in [6, 6.07) is 6.72. The van der Waals surface area contributed by atoms with Crippen molar-refractivity contribution in [2.45, 2.75) is 44.1 Å². The molecule has 2 fully saturated rings. The standard InChI is InChI=1S/C19H24ClN3O5S2/c1-19(2,3)28-18(25)21-8-7-16(24)22-17-23(13-6-4-5-12(20)9-13)14-10-30(26,27)11-15(14)29-17/h4-6,9,14-15H,7-8,10-11H2,1-3H3,(H,21,25)/t14-,15-/m1/s1. The van der Waals surface area contributed by atoms with Gasteiger partial charge in [-0.05, 0) is 39.0 Å². The maximum absolute atomic E-state index is 12.4. The largest absolute Gasteiger partial charge is 0.444 e. The molecule has 2 amide bonds. The number of nitrogens with one attached hydrogen (secondary N) is 1. The van der Waals surface area contributed by atoms with Crippen molar-refractivity contribution in [2.75, 3.05) is 23.0 Å². The van der Waals surface area contributed by atoms with Crippen molar-refractivity contribution in [3.8, 4) is 0 Å². The summed E-state index contributed by atoms with van der Waals surface area (Å²) in [6.45, 7) is 5.35.